The van der Waals surface area contributed by atoms with Crippen LogP contribution >= 0.6 is 11.6 Å². The van der Waals surface area contributed by atoms with Crippen LogP contribution < -0.4 is 0 Å². The summed E-state index contributed by atoms with van der Waals surface area (Å²) >= 11 is 5.05. The topological polar surface area (TPSA) is 0 Å². The molecule has 0 bridgehead atoms. The quantitative estimate of drug-likeness (QED) is 0.224. The van der Waals surface area contributed by atoms with Crippen molar-refractivity contribution < 1.29 is 57.1 Å². The molecule has 0 atom stereocenters. The van der Waals surface area contributed by atoms with Gasteiger partial charge in [0.05, 0.1) is 0 Å². The molecule has 0 aliphatic heterocycles. The molecule has 0 N–H and O–H groups in total. The summed E-state index contributed by atoms with van der Waals surface area (Å²) in [4.78, 5) is 0. The minimum atomic E-state index is -7.82. The Morgan fingerprint density at radius 2 is 0.958 bits per heavy atom. The minimum Gasteiger partial charge on any atom is -0.200 e. The molecule has 0 radical (unpaired) electrons. The van der Waals surface area contributed by atoms with E-state index < -0.39 is 57.8 Å². The van der Waals surface area contributed by atoms with Gasteiger partial charge in [0.1, 0.15) is 0 Å². The van der Waals surface area contributed by atoms with Crippen molar-refractivity contribution in [3.63, 3.8) is 0 Å². The first-order valence-electron chi connectivity index (χ1n) is 5.83. The van der Waals surface area contributed by atoms with Crippen LogP contribution in [-0.2, 0) is 0 Å². The lowest BCUT2D eigenvalue weighted by Crippen LogP contribution is -2.70. The van der Waals surface area contributed by atoms with E-state index in [4.69, 9.17) is 11.6 Å². The van der Waals surface area contributed by atoms with Gasteiger partial charge in [-0.25, -0.2) is 0 Å². The van der Waals surface area contributed by atoms with Crippen LogP contribution in [0.1, 0.15) is 6.42 Å². The van der Waals surface area contributed by atoms with Crippen molar-refractivity contribution in [3.8, 4) is 0 Å². The van der Waals surface area contributed by atoms with Crippen molar-refractivity contribution in [2.75, 3.05) is 5.50 Å². The molecule has 0 fully saturated rings. The van der Waals surface area contributed by atoms with Crippen molar-refractivity contribution in [3.05, 3.63) is 0 Å². The van der Waals surface area contributed by atoms with Gasteiger partial charge in [-0.3, -0.25) is 0 Å². The number of hydrogen-bond acceptors (Lipinski definition) is 0. The van der Waals surface area contributed by atoms with Crippen molar-refractivity contribution in [2.24, 2.45) is 0 Å². The number of alkyl halides is 14. The van der Waals surface area contributed by atoms with Gasteiger partial charge >= 0.3 is 35.8 Å². The summed E-state index contributed by atoms with van der Waals surface area (Å²) in [7, 11) is -1.65. The van der Waals surface area contributed by atoms with E-state index in [-0.39, 0.29) is 5.50 Å². The zero-order valence-corrected chi connectivity index (χ0v) is 13.3. The molecule has 0 saturated heterocycles. The zero-order chi connectivity index (χ0) is 19.8. The summed E-state index contributed by atoms with van der Waals surface area (Å²) in [6.45, 7) is 0. The third-order valence-electron chi connectivity index (χ3n) is 2.87. The molecule has 0 saturated carbocycles. The Kier molecular flexibility index (Phi) is 6.61. The van der Waals surface area contributed by atoms with E-state index in [0.29, 0.717) is 0 Å². The molecular weight excluding hydrogens is 419 g/mol. The molecule has 0 amide bonds. The van der Waals surface area contributed by atoms with Crippen LogP contribution in [0.2, 0.25) is 6.04 Å². The number of rotatable bonds is 8. The molecule has 146 valence electrons. The summed E-state index contributed by atoms with van der Waals surface area (Å²) in [6.07, 6.45) is -9.50. The molecule has 0 nitrogen and oxygen atoms in total. The SMILES string of the molecule is FC(F)(F)C(F)(F)C(F)(F)C(F)(F)C(F)(F)C(F)(F)CC[SiH2]CCl. The second-order valence-corrected chi connectivity index (χ2v) is 7.57. The van der Waals surface area contributed by atoms with E-state index in [0.717, 1.165) is 0 Å². The van der Waals surface area contributed by atoms with E-state index in [1.54, 1.807) is 0 Å². The smallest absolute Gasteiger partial charge is 0.200 e. The molecular formula is C9H8ClF13Si. The van der Waals surface area contributed by atoms with Gasteiger partial charge in [-0.05, 0) is 0 Å². The molecule has 0 aromatic carbocycles. The summed E-state index contributed by atoms with van der Waals surface area (Å²) in [5.41, 5.74) is -0.264. The summed E-state index contributed by atoms with van der Waals surface area (Å²) in [6, 6.07) is -0.858. The molecule has 0 rings (SSSR count). The molecule has 0 heterocycles. The van der Waals surface area contributed by atoms with E-state index in [1.165, 1.54) is 0 Å². The first kappa shape index (κ1) is 23.6. The van der Waals surface area contributed by atoms with E-state index in [1.807, 2.05) is 0 Å². The Hall–Kier alpha value is -0.403. The van der Waals surface area contributed by atoms with Crippen LogP contribution in [-0.4, -0.2) is 50.8 Å². The predicted octanol–water partition coefficient (Wildman–Crippen LogP) is 4.90. The van der Waals surface area contributed by atoms with E-state index >= 15 is 0 Å². The normalized spacial score (nSPS) is 16.2. The molecule has 24 heavy (non-hydrogen) atoms. The largest absolute Gasteiger partial charge is 0.460 e. The van der Waals surface area contributed by atoms with Crippen molar-refractivity contribution in [1.29, 1.82) is 0 Å². The Morgan fingerprint density at radius 1 is 0.583 bits per heavy atom. The average molecular weight is 427 g/mol. The highest BCUT2D eigenvalue weighted by molar-refractivity contribution is 6.50. The highest BCUT2D eigenvalue weighted by Crippen LogP contribution is 2.60. The number of hydrogen-bond donors (Lipinski definition) is 0. The van der Waals surface area contributed by atoms with Gasteiger partial charge in [0.25, 0.3) is 0 Å². The first-order valence-corrected chi connectivity index (χ1v) is 8.36. The Morgan fingerprint density at radius 3 is 1.29 bits per heavy atom. The maximum Gasteiger partial charge on any atom is 0.460 e. The zero-order valence-electron chi connectivity index (χ0n) is 11.1. The third-order valence-corrected chi connectivity index (χ3v) is 4.80. The molecule has 0 spiro atoms. The first-order chi connectivity index (χ1) is 10.3. The highest BCUT2D eigenvalue weighted by Gasteiger charge is 2.90. The van der Waals surface area contributed by atoms with Gasteiger partial charge in [0.15, 0.2) is 0 Å². The van der Waals surface area contributed by atoms with Gasteiger partial charge in [0, 0.05) is 21.4 Å². The van der Waals surface area contributed by atoms with E-state index in [9.17, 15) is 57.1 Å². The molecule has 0 aromatic rings. The van der Waals surface area contributed by atoms with Gasteiger partial charge in [0.2, 0.25) is 0 Å². The van der Waals surface area contributed by atoms with Crippen LogP contribution in [0.4, 0.5) is 57.1 Å². The lowest BCUT2D eigenvalue weighted by Gasteiger charge is -2.39. The lowest BCUT2D eigenvalue weighted by atomic mass is 9.93. The molecule has 0 aliphatic rings. The fraction of sp³-hybridized carbons (Fsp3) is 1.00. The standard InChI is InChI=1S/C9H8ClF13Si/c10-3-24-2-1-4(11,12)5(13,14)6(15,16)7(17,18)8(19,20)9(21,22)23/h1-3,24H2. The fourth-order valence-corrected chi connectivity index (χ4v) is 2.85. The number of halogens is 14. The average Bonchev–Trinajstić information content (AvgIpc) is 2.36. The molecule has 0 unspecified atom stereocenters. The molecule has 0 aromatic heterocycles. The van der Waals surface area contributed by atoms with Crippen molar-refractivity contribution >= 4 is 21.1 Å². The molecule has 15 heteroatoms. The maximum absolute atomic E-state index is 13.1. The van der Waals surface area contributed by atoms with Gasteiger partial charge < -0.3 is 0 Å². The molecule has 0 aliphatic carbocycles. The minimum absolute atomic E-state index is 0.264. The second kappa shape index (κ2) is 6.72. The lowest BCUT2D eigenvalue weighted by molar-refractivity contribution is -0.439. The van der Waals surface area contributed by atoms with Crippen LogP contribution in [0, 0.1) is 0 Å². The van der Waals surface area contributed by atoms with Crippen molar-refractivity contribution in [2.45, 2.75) is 48.3 Å². The van der Waals surface area contributed by atoms with Gasteiger partial charge in [-0.1, -0.05) is 6.04 Å². The summed E-state index contributed by atoms with van der Waals surface area (Å²) in [5.74, 6) is -36.3. The third kappa shape index (κ3) is 3.58. The Labute approximate surface area is 133 Å². The van der Waals surface area contributed by atoms with Crippen LogP contribution in [0.5, 0.6) is 0 Å². The fourth-order valence-electron chi connectivity index (χ4n) is 1.40. The van der Waals surface area contributed by atoms with Crippen LogP contribution in [0.25, 0.3) is 0 Å². The monoisotopic (exact) mass is 426 g/mol. The summed E-state index contributed by atoms with van der Waals surface area (Å²) in [5, 5.41) is 0. The summed E-state index contributed by atoms with van der Waals surface area (Å²) < 4.78 is 165. The second-order valence-electron chi connectivity index (χ2n) is 4.65. The van der Waals surface area contributed by atoms with Crippen LogP contribution in [0.15, 0.2) is 0 Å². The van der Waals surface area contributed by atoms with Gasteiger partial charge in [-0.15, -0.1) is 11.6 Å². The van der Waals surface area contributed by atoms with Gasteiger partial charge in [-0.2, -0.15) is 57.1 Å². The van der Waals surface area contributed by atoms with Crippen LogP contribution in [0.3, 0.4) is 0 Å². The highest BCUT2D eigenvalue weighted by atomic mass is 35.5. The maximum atomic E-state index is 13.1. The van der Waals surface area contributed by atoms with Crippen molar-refractivity contribution in [1.82, 2.24) is 0 Å². The predicted molar refractivity (Wildman–Crippen MR) is 59.5 cm³/mol. The van der Waals surface area contributed by atoms with E-state index in [2.05, 4.69) is 0 Å². The Balaban J connectivity index is 5.92. The Bertz CT molecular complexity index is 430.